The Labute approximate surface area is 198 Å². The lowest BCUT2D eigenvalue weighted by molar-refractivity contribution is -0.210. The third kappa shape index (κ3) is 4.06. The second kappa shape index (κ2) is 9.31. The van der Waals surface area contributed by atoms with Gasteiger partial charge in [0, 0.05) is 11.1 Å². The van der Waals surface area contributed by atoms with Gasteiger partial charge in [-0.05, 0) is 24.3 Å². The van der Waals surface area contributed by atoms with Crippen LogP contribution in [0.15, 0.2) is 73.3 Å². The summed E-state index contributed by atoms with van der Waals surface area (Å²) in [7, 11) is 0. The number of aliphatic hydroxyl groups is 3. The van der Waals surface area contributed by atoms with Crippen molar-refractivity contribution in [3.63, 3.8) is 0 Å². The molecule has 11 heteroatoms. The highest BCUT2D eigenvalue weighted by Gasteiger charge is 2.40. The van der Waals surface area contributed by atoms with E-state index in [1.165, 1.54) is 17.2 Å². The summed E-state index contributed by atoms with van der Waals surface area (Å²) in [6.45, 7) is -0.217. The molecule has 0 unspecified atom stereocenters. The smallest absolute Gasteiger partial charge is 0.266 e. The molecule has 4 atom stereocenters. The van der Waals surface area contributed by atoms with Crippen molar-refractivity contribution in [2.24, 2.45) is 0 Å². The first-order valence-corrected chi connectivity index (χ1v) is 10.8. The molecule has 4 aromatic rings. The average Bonchev–Trinajstić information content (AvgIpc) is 3.33. The normalized spacial score (nSPS) is 22.1. The summed E-state index contributed by atoms with van der Waals surface area (Å²) in [5.74, 6) is -1.27. The molecule has 5 rings (SSSR count). The molecular formula is C24H21N5O6. The van der Waals surface area contributed by atoms with E-state index in [4.69, 9.17) is 4.74 Å². The van der Waals surface area contributed by atoms with E-state index in [0.717, 1.165) is 4.90 Å². The van der Waals surface area contributed by atoms with Crippen molar-refractivity contribution in [2.75, 3.05) is 11.5 Å². The maximum atomic E-state index is 13.5. The van der Waals surface area contributed by atoms with Crippen LogP contribution in [-0.2, 0) is 4.74 Å². The molecule has 0 radical (unpaired) electrons. The van der Waals surface area contributed by atoms with Crippen LogP contribution in [0.3, 0.4) is 0 Å². The van der Waals surface area contributed by atoms with Crippen LogP contribution in [0, 0.1) is 0 Å². The highest BCUT2D eigenvalue weighted by molar-refractivity contribution is 6.27. The Balaban J connectivity index is 1.62. The van der Waals surface area contributed by atoms with Crippen LogP contribution in [0.4, 0.5) is 5.82 Å². The van der Waals surface area contributed by atoms with E-state index in [9.17, 15) is 24.9 Å². The Kier molecular flexibility index (Phi) is 6.05. The molecule has 178 valence electrons. The topological polar surface area (TPSA) is 151 Å². The zero-order valence-electron chi connectivity index (χ0n) is 18.2. The molecule has 3 heterocycles. The summed E-state index contributed by atoms with van der Waals surface area (Å²) in [5.41, 5.74) is 0.809. The number of ether oxygens (including phenoxy) is 1. The molecule has 1 fully saturated rings. The van der Waals surface area contributed by atoms with E-state index in [1.54, 1.807) is 60.7 Å². The molecule has 0 bridgehead atoms. The van der Waals surface area contributed by atoms with Gasteiger partial charge in [-0.15, -0.1) is 0 Å². The summed E-state index contributed by atoms with van der Waals surface area (Å²) < 4.78 is 6.87. The average molecular weight is 475 g/mol. The lowest BCUT2D eigenvalue weighted by atomic mass is 10.0. The van der Waals surface area contributed by atoms with Crippen molar-refractivity contribution in [3.05, 3.63) is 84.4 Å². The molecular weight excluding hydrogens is 454 g/mol. The van der Waals surface area contributed by atoms with Crippen LogP contribution in [0.25, 0.3) is 11.2 Å². The van der Waals surface area contributed by atoms with E-state index < -0.39 is 36.4 Å². The number of hydrogen-bond acceptors (Lipinski definition) is 9. The number of aromatic nitrogens is 4. The highest BCUT2D eigenvalue weighted by Crippen LogP contribution is 2.30. The number of fused-ring (bicyclic) bond motifs is 1. The zero-order chi connectivity index (χ0) is 24.5. The molecule has 2 aromatic carbocycles. The minimum absolute atomic E-state index is 0.0534. The molecule has 1 aliphatic rings. The van der Waals surface area contributed by atoms with Gasteiger partial charge < -0.3 is 20.1 Å². The molecule has 0 aliphatic carbocycles. The predicted molar refractivity (Wildman–Crippen MR) is 122 cm³/mol. The van der Waals surface area contributed by atoms with Gasteiger partial charge >= 0.3 is 0 Å². The van der Waals surface area contributed by atoms with Crippen LogP contribution >= 0.6 is 0 Å². The fourth-order valence-electron chi connectivity index (χ4n) is 3.93. The van der Waals surface area contributed by atoms with Gasteiger partial charge in [-0.1, -0.05) is 36.4 Å². The number of anilines is 1. The van der Waals surface area contributed by atoms with Crippen LogP contribution in [0.1, 0.15) is 26.9 Å². The van der Waals surface area contributed by atoms with Gasteiger partial charge in [-0.3, -0.25) is 14.2 Å². The van der Waals surface area contributed by atoms with Gasteiger partial charge in [0.15, 0.2) is 23.2 Å². The molecule has 0 saturated carbocycles. The summed E-state index contributed by atoms with van der Waals surface area (Å²) in [4.78, 5) is 40.7. The van der Waals surface area contributed by atoms with Crippen LogP contribution in [0.5, 0.6) is 0 Å². The molecule has 35 heavy (non-hydrogen) atoms. The number of carbonyl (C=O) groups is 2. The minimum atomic E-state index is -1.47. The Morgan fingerprint density at radius 3 is 2.06 bits per heavy atom. The highest BCUT2D eigenvalue weighted by atomic mass is 16.5. The Hall–Kier alpha value is -4.03. The first-order valence-electron chi connectivity index (χ1n) is 10.8. The van der Waals surface area contributed by atoms with E-state index in [-0.39, 0.29) is 34.7 Å². The maximum Gasteiger partial charge on any atom is 0.266 e. The lowest BCUT2D eigenvalue weighted by Gasteiger charge is -2.35. The van der Waals surface area contributed by atoms with Crippen LogP contribution in [-0.4, -0.2) is 71.6 Å². The van der Waals surface area contributed by atoms with E-state index >= 15 is 0 Å². The standard InChI is InChI=1S/C24H21N5O6/c30-16-11-35-24(19(32)18(16)31)28-13-27-17-20(28)25-12-26-21(17)29(22(33)14-7-3-1-4-8-14)23(34)15-9-5-2-6-10-15/h1-10,12-13,16,18-19,24,30-32H,11H2/t16-,18-,19-,24-/m1/s1. The SMILES string of the molecule is O=C(c1ccccc1)N(C(=O)c1ccccc1)c1ncnc2c1ncn2[C@@H]1OC[C@@H](O)[C@@H](O)[C@H]1O. The number of hydrogen-bond donors (Lipinski definition) is 3. The molecule has 3 N–H and O–H groups in total. The van der Waals surface area contributed by atoms with Gasteiger partial charge in [0.25, 0.3) is 11.8 Å². The number of imide groups is 1. The van der Waals surface area contributed by atoms with Crippen LogP contribution in [0.2, 0.25) is 0 Å². The van der Waals surface area contributed by atoms with Crippen molar-refractivity contribution in [2.45, 2.75) is 24.5 Å². The summed E-state index contributed by atoms with van der Waals surface area (Å²) in [6.07, 6.45) is -2.79. The second-order valence-corrected chi connectivity index (χ2v) is 7.97. The van der Waals surface area contributed by atoms with Gasteiger partial charge in [0.05, 0.1) is 12.9 Å². The zero-order valence-corrected chi connectivity index (χ0v) is 18.2. The third-order valence-electron chi connectivity index (χ3n) is 5.75. The van der Waals surface area contributed by atoms with Crippen molar-refractivity contribution in [3.8, 4) is 0 Å². The van der Waals surface area contributed by atoms with Gasteiger partial charge in [0.1, 0.15) is 24.6 Å². The molecule has 1 saturated heterocycles. The largest absolute Gasteiger partial charge is 0.388 e. The number of imidazole rings is 1. The van der Waals surface area contributed by atoms with Crippen LogP contribution < -0.4 is 4.90 Å². The molecule has 1 aliphatic heterocycles. The lowest BCUT2D eigenvalue weighted by Crippen LogP contribution is -2.50. The van der Waals surface area contributed by atoms with E-state index in [0.29, 0.717) is 0 Å². The predicted octanol–water partition coefficient (Wildman–Crippen LogP) is 0.925. The van der Waals surface area contributed by atoms with Crippen molar-refractivity contribution in [1.29, 1.82) is 0 Å². The minimum Gasteiger partial charge on any atom is -0.388 e. The van der Waals surface area contributed by atoms with Gasteiger partial charge in [-0.2, -0.15) is 0 Å². The molecule has 0 spiro atoms. The number of benzene rings is 2. The Morgan fingerprint density at radius 2 is 1.46 bits per heavy atom. The number of rotatable bonds is 4. The third-order valence-corrected chi connectivity index (χ3v) is 5.75. The number of carbonyl (C=O) groups excluding carboxylic acids is 2. The monoisotopic (exact) mass is 475 g/mol. The van der Waals surface area contributed by atoms with Gasteiger partial charge in [-0.25, -0.2) is 19.9 Å². The fourth-order valence-corrected chi connectivity index (χ4v) is 3.93. The van der Waals surface area contributed by atoms with E-state index in [1.807, 2.05) is 0 Å². The molecule has 2 aromatic heterocycles. The maximum absolute atomic E-state index is 13.5. The van der Waals surface area contributed by atoms with Crippen molar-refractivity contribution >= 4 is 28.8 Å². The number of aliphatic hydroxyl groups excluding tert-OH is 3. The Bertz CT molecular complexity index is 1310. The van der Waals surface area contributed by atoms with E-state index in [2.05, 4.69) is 15.0 Å². The summed E-state index contributed by atoms with van der Waals surface area (Å²) in [6, 6.07) is 16.6. The first-order chi connectivity index (χ1) is 17.0. The Morgan fingerprint density at radius 1 is 0.857 bits per heavy atom. The summed E-state index contributed by atoms with van der Waals surface area (Å²) in [5, 5.41) is 30.3. The van der Waals surface area contributed by atoms with Crippen molar-refractivity contribution < 1.29 is 29.6 Å². The second-order valence-electron chi connectivity index (χ2n) is 7.97. The number of amides is 2. The molecule has 2 amide bonds. The quantitative estimate of drug-likeness (QED) is 0.366. The summed E-state index contributed by atoms with van der Waals surface area (Å²) >= 11 is 0. The van der Waals surface area contributed by atoms with Crippen molar-refractivity contribution in [1.82, 2.24) is 19.5 Å². The molecule has 11 nitrogen and oxygen atoms in total. The first kappa shape index (κ1) is 22.7. The number of nitrogens with zero attached hydrogens (tertiary/aromatic N) is 5. The fraction of sp³-hybridized carbons (Fsp3) is 0.208. The van der Waals surface area contributed by atoms with Gasteiger partial charge in [0.2, 0.25) is 0 Å².